The molecule has 1 aliphatic rings. The Kier molecular flexibility index (Phi) is 4.18. The van der Waals surface area contributed by atoms with Gasteiger partial charge in [-0.15, -0.1) is 0 Å². The highest BCUT2D eigenvalue weighted by atomic mass is 16.3. The standard InChI is InChI=1S/C19H25N3O/c1-13-11-17-18(12-14(13)2)22(10-9-21(3)4)19(20-17)15-5-7-16(23)8-6-15/h5-8,11-12,19-20,23H,9-10H2,1-4H3. The molecule has 2 aromatic rings. The molecule has 4 heteroatoms. The molecule has 0 saturated heterocycles. The highest BCUT2D eigenvalue weighted by Gasteiger charge is 2.30. The summed E-state index contributed by atoms with van der Waals surface area (Å²) in [6, 6.07) is 12.0. The lowest BCUT2D eigenvalue weighted by atomic mass is 10.1. The molecule has 23 heavy (non-hydrogen) atoms. The van der Waals surface area contributed by atoms with Crippen LogP contribution >= 0.6 is 0 Å². The van der Waals surface area contributed by atoms with Crippen molar-refractivity contribution >= 4 is 11.4 Å². The number of nitrogens with one attached hydrogen (secondary N) is 1. The first kappa shape index (κ1) is 15.7. The van der Waals surface area contributed by atoms with E-state index in [-0.39, 0.29) is 6.17 Å². The maximum Gasteiger partial charge on any atom is 0.126 e. The van der Waals surface area contributed by atoms with Crippen LogP contribution in [0.3, 0.4) is 0 Å². The van der Waals surface area contributed by atoms with Gasteiger partial charge in [-0.2, -0.15) is 0 Å². The van der Waals surface area contributed by atoms with Crippen molar-refractivity contribution in [3.8, 4) is 5.75 Å². The number of fused-ring (bicyclic) bond motifs is 1. The number of aryl methyl sites for hydroxylation is 2. The van der Waals surface area contributed by atoms with E-state index >= 15 is 0 Å². The zero-order chi connectivity index (χ0) is 16.6. The van der Waals surface area contributed by atoms with E-state index in [0.717, 1.165) is 18.7 Å². The predicted molar refractivity (Wildman–Crippen MR) is 96.3 cm³/mol. The zero-order valence-corrected chi connectivity index (χ0v) is 14.3. The van der Waals surface area contributed by atoms with Crippen LogP contribution in [0.15, 0.2) is 36.4 Å². The summed E-state index contributed by atoms with van der Waals surface area (Å²) in [5.41, 5.74) is 6.22. The summed E-state index contributed by atoms with van der Waals surface area (Å²) in [7, 11) is 4.20. The van der Waals surface area contributed by atoms with Crippen LogP contribution in [0.5, 0.6) is 5.75 Å². The number of phenols is 1. The SMILES string of the molecule is Cc1cc2c(cc1C)N(CCN(C)C)C(c1ccc(O)cc1)N2. The van der Waals surface area contributed by atoms with Gasteiger partial charge in [-0.3, -0.25) is 0 Å². The maximum atomic E-state index is 9.55. The summed E-state index contributed by atoms with van der Waals surface area (Å²) >= 11 is 0. The average molecular weight is 311 g/mol. The first-order valence-electron chi connectivity index (χ1n) is 8.04. The van der Waals surface area contributed by atoms with E-state index in [0.29, 0.717) is 5.75 Å². The number of hydrogen-bond donors (Lipinski definition) is 2. The highest BCUT2D eigenvalue weighted by Crippen LogP contribution is 2.42. The summed E-state index contributed by atoms with van der Waals surface area (Å²) in [4.78, 5) is 4.61. The first-order chi connectivity index (χ1) is 11.0. The molecule has 1 aliphatic heterocycles. The Morgan fingerprint density at radius 3 is 2.39 bits per heavy atom. The van der Waals surface area contributed by atoms with Crippen molar-refractivity contribution in [2.45, 2.75) is 20.0 Å². The Morgan fingerprint density at radius 2 is 1.74 bits per heavy atom. The second-order valence-electron chi connectivity index (χ2n) is 6.59. The number of rotatable bonds is 4. The fraction of sp³-hybridized carbons (Fsp3) is 0.368. The van der Waals surface area contributed by atoms with Crippen LogP contribution in [-0.4, -0.2) is 37.2 Å². The minimum atomic E-state index is 0.103. The number of benzene rings is 2. The highest BCUT2D eigenvalue weighted by molar-refractivity contribution is 5.78. The van der Waals surface area contributed by atoms with Crippen molar-refractivity contribution in [1.29, 1.82) is 0 Å². The van der Waals surface area contributed by atoms with Gasteiger partial charge in [0.2, 0.25) is 0 Å². The summed E-state index contributed by atoms with van der Waals surface area (Å²) in [5.74, 6) is 0.302. The molecule has 0 spiro atoms. The number of anilines is 2. The number of aromatic hydroxyl groups is 1. The van der Waals surface area contributed by atoms with Crippen molar-refractivity contribution in [2.24, 2.45) is 0 Å². The smallest absolute Gasteiger partial charge is 0.126 e. The van der Waals surface area contributed by atoms with Crippen LogP contribution in [0.2, 0.25) is 0 Å². The number of nitrogens with zero attached hydrogens (tertiary/aromatic N) is 2. The van der Waals surface area contributed by atoms with E-state index in [4.69, 9.17) is 0 Å². The second-order valence-corrected chi connectivity index (χ2v) is 6.59. The lowest BCUT2D eigenvalue weighted by Gasteiger charge is -2.28. The quantitative estimate of drug-likeness (QED) is 0.906. The van der Waals surface area contributed by atoms with Crippen LogP contribution in [-0.2, 0) is 0 Å². The molecular weight excluding hydrogens is 286 g/mol. The Hall–Kier alpha value is -2.20. The molecule has 1 heterocycles. The van der Waals surface area contributed by atoms with Crippen molar-refractivity contribution < 1.29 is 5.11 Å². The van der Waals surface area contributed by atoms with E-state index in [1.807, 2.05) is 12.1 Å². The van der Waals surface area contributed by atoms with Gasteiger partial charge in [-0.25, -0.2) is 0 Å². The third kappa shape index (κ3) is 3.13. The summed E-state index contributed by atoms with van der Waals surface area (Å²) in [5, 5.41) is 13.2. The van der Waals surface area contributed by atoms with E-state index in [1.54, 1.807) is 12.1 Å². The molecule has 0 saturated carbocycles. The van der Waals surface area contributed by atoms with Crippen molar-refractivity contribution in [1.82, 2.24) is 4.90 Å². The molecule has 0 radical (unpaired) electrons. The normalized spacial score (nSPS) is 16.6. The third-order valence-electron chi connectivity index (χ3n) is 4.52. The lowest BCUT2D eigenvalue weighted by Crippen LogP contribution is -2.34. The van der Waals surface area contributed by atoms with Gasteiger partial charge in [0.25, 0.3) is 0 Å². The Balaban J connectivity index is 1.97. The molecule has 122 valence electrons. The monoisotopic (exact) mass is 311 g/mol. The minimum absolute atomic E-state index is 0.103. The van der Waals surface area contributed by atoms with Crippen molar-refractivity contribution in [2.75, 3.05) is 37.4 Å². The number of likely N-dealkylation sites (N-methyl/N-ethyl adjacent to an activating group) is 1. The van der Waals surface area contributed by atoms with Crippen molar-refractivity contribution in [3.05, 3.63) is 53.1 Å². The Morgan fingerprint density at radius 1 is 1.09 bits per heavy atom. The largest absolute Gasteiger partial charge is 0.508 e. The Labute approximate surface area is 138 Å². The fourth-order valence-corrected chi connectivity index (χ4v) is 3.00. The maximum absolute atomic E-state index is 9.55. The van der Waals surface area contributed by atoms with Gasteiger partial charge < -0.3 is 20.2 Å². The molecular formula is C19H25N3O. The molecule has 0 aromatic heterocycles. The summed E-state index contributed by atoms with van der Waals surface area (Å²) < 4.78 is 0. The third-order valence-corrected chi connectivity index (χ3v) is 4.52. The molecule has 2 N–H and O–H groups in total. The molecule has 1 atom stereocenters. The van der Waals surface area contributed by atoms with E-state index in [2.05, 4.69) is 55.2 Å². The molecule has 3 rings (SSSR count). The zero-order valence-electron chi connectivity index (χ0n) is 14.3. The van der Waals surface area contributed by atoms with E-state index in [9.17, 15) is 5.11 Å². The van der Waals surface area contributed by atoms with Gasteiger partial charge >= 0.3 is 0 Å². The first-order valence-corrected chi connectivity index (χ1v) is 8.04. The second kappa shape index (κ2) is 6.13. The van der Waals surface area contributed by atoms with Crippen LogP contribution in [0, 0.1) is 13.8 Å². The van der Waals surface area contributed by atoms with Gasteiger partial charge in [-0.1, -0.05) is 12.1 Å². The molecule has 1 unspecified atom stereocenters. The number of phenolic OH excluding ortho intramolecular Hbond substituents is 1. The lowest BCUT2D eigenvalue weighted by molar-refractivity contribution is 0.409. The topological polar surface area (TPSA) is 38.7 Å². The van der Waals surface area contributed by atoms with Crippen molar-refractivity contribution in [3.63, 3.8) is 0 Å². The fourth-order valence-electron chi connectivity index (χ4n) is 3.00. The van der Waals surface area contributed by atoms with Gasteiger partial charge in [-0.05, 0) is 68.9 Å². The summed E-state index contributed by atoms with van der Waals surface area (Å²) in [6.45, 7) is 6.24. The van der Waals surface area contributed by atoms with Gasteiger partial charge in [0.1, 0.15) is 11.9 Å². The van der Waals surface area contributed by atoms with Gasteiger partial charge in [0, 0.05) is 13.1 Å². The van der Waals surface area contributed by atoms with Gasteiger partial charge in [0.05, 0.1) is 11.4 Å². The van der Waals surface area contributed by atoms with Crippen LogP contribution in [0.1, 0.15) is 22.9 Å². The van der Waals surface area contributed by atoms with Crippen LogP contribution < -0.4 is 10.2 Å². The molecule has 0 amide bonds. The van der Waals surface area contributed by atoms with Crippen LogP contribution in [0.25, 0.3) is 0 Å². The average Bonchev–Trinajstić information content (AvgIpc) is 2.84. The molecule has 2 aromatic carbocycles. The molecule has 4 nitrogen and oxygen atoms in total. The van der Waals surface area contributed by atoms with Gasteiger partial charge in [0.15, 0.2) is 0 Å². The van der Waals surface area contributed by atoms with E-state index < -0.39 is 0 Å². The number of hydrogen-bond acceptors (Lipinski definition) is 4. The molecule has 0 aliphatic carbocycles. The molecule has 0 bridgehead atoms. The minimum Gasteiger partial charge on any atom is -0.508 e. The molecule has 0 fully saturated rings. The predicted octanol–water partition coefficient (Wildman–Crippen LogP) is 3.50. The van der Waals surface area contributed by atoms with E-state index in [1.165, 1.54) is 22.5 Å². The Bertz CT molecular complexity index is 695. The van der Waals surface area contributed by atoms with Crippen LogP contribution in [0.4, 0.5) is 11.4 Å². The summed E-state index contributed by atoms with van der Waals surface area (Å²) in [6.07, 6.45) is 0.103.